The molecule has 9 nitrogen and oxygen atoms in total. The molecule has 0 saturated carbocycles. The third kappa shape index (κ3) is 5.36. The lowest BCUT2D eigenvalue weighted by Gasteiger charge is -2.21. The molecule has 184 valence electrons. The quantitative estimate of drug-likeness (QED) is 0.281. The minimum atomic E-state index is -1.30. The Kier molecular flexibility index (Phi) is 7.18. The zero-order valence-corrected chi connectivity index (χ0v) is 20.2. The van der Waals surface area contributed by atoms with Crippen LogP contribution in [0.2, 0.25) is 0 Å². The Bertz CT molecular complexity index is 1350. The second kappa shape index (κ2) is 10.3. The Balaban J connectivity index is 1.51. The summed E-state index contributed by atoms with van der Waals surface area (Å²) >= 11 is 0. The van der Waals surface area contributed by atoms with Crippen molar-refractivity contribution in [1.82, 2.24) is 19.9 Å². The Morgan fingerprint density at radius 3 is 2.74 bits per heavy atom. The van der Waals surface area contributed by atoms with Gasteiger partial charge < -0.3 is 30.2 Å². The molecule has 0 aliphatic rings. The molecule has 0 saturated heterocycles. The highest BCUT2D eigenvalue weighted by Gasteiger charge is 2.29. The molecular weight excluding hydrogens is 446 g/mol. The maximum Gasteiger partial charge on any atom is 0.347 e. The number of benzene rings is 2. The van der Waals surface area contributed by atoms with E-state index in [-0.39, 0.29) is 0 Å². The highest BCUT2D eigenvalue weighted by atomic mass is 16.5. The highest BCUT2D eigenvalue weighted by molar-refractivity contribution is 6.06. The number of nitrogens with one attached hydrogen (secondary N) is 1. The molecule has 35 heavy (non-hydrogen) atoms. The monoisotopic (exact) mass is 477 g/mol. The molecule has 0 aliphatic carbocycles. The maximum atomic E-state index is 11.4. The van der Waals surface area contributed by atoms with Crippen molar-refractivity contribution in [2.75, 3.05) is 26.0 Å². The molecular formula is C26H31N5O4. The molecule has 2 heterocycles. The number of hydrogen-bond acceptors (Lipinski definition) is 7. The number of nitrogens with zero attached hydrogens (tertiary/aromatic N) is 3. The first-order valence-electron chi connectivity index (χ1n) is 11.5. The van der Waals surface area contributed by atoms with Crippen LogP contribution >= 0.6 is 0 Å². The number of anilines is 1. The van der Waals surface area contributed by atoms with E-state index in [1.165, 1.54) is 13.8 Å². The van der Waals surface area contributed by atoms with Crippen LogP contribution in [0.5, 0.6) is 5.75 Å². The van der Waals surface area contributed by atoms with Gasteiger partial charge in [0.2, 0.25) is 0 Å². The fourth-order valence-corrected chi connectivity index (χ4v) is 4.01. The minimum absolute atomic E-state index is 0.421. The predicted octanol–water partition coefficient (Wildman–Crippen LogP) is 3.39. The molecule has 0 radical (unpaired) electrons. The number of para-hydroxylation sites is 1. The summed E-state index contributed by atoms with van der Waals surface area (Å²) in [5, 5.41) is 13.8. The normalized spacial score (nSPS) is 11.9. The molecule has 0 atom stereocenters. The topological polar surface area (TPSA) is 125 Å². The lowest BCUT2D eigenvalue weighted by Crippen LogP contribution is -2.37. The zero-order valence-electron chi connectivity index (χ0n) is 20.2. The van der Waals surface area contributed by atoms with Crippen molar-refractivity contribution in [3.05, 3.63) is 59.9 Å². The molecule has 0 unspecified atom stereocenters. The molecule has 4 rings (SSSR count). The van der Waals surface area contributed by atoms with Crippen molar-refractivity contribution in [3.8, 4) is 5.75 Å². The Morgan fingerprint density at radius 1 is 1.17 bits per heavy atom. The number of ether oxygens (including phenoxy) is 2. The Labute approximate surface area is 203 Å². The minimum Gasteiger partial charge on any atom is -0.478 e. The lowest BCUT2D eigenvalue weighted by atomic mass is 10.1. The summed E-state index contributed by atoms with van der Waals surface area (Å²) in [5.41, 5.74) is 8.48. The second-order valence-electron chi connectivity index (χ2n) is 8.88. The van der Waals surface area contributed by atoms with E-state index in [2.05, 4.69) is 14.9 Å². The number of fused-ring (bicyclic) bond motifs is 3. The average molecular weight is 478 g/mol. The fraction of sp³-hybridized carbons (Fsp3) is 0.346. The lowest BCUT2D eigenvalue weighted by molar-refractivity contribution is -0.152. The van der Waals surface area contributed by atoms with Crippen LogP contribution < -0.4 is 15.8 Å². The number of methoxy groups -OCH3 is 1. The molecule has 4 N–H and O–H groups in total. The van der Waals surface area contributed by atoms with E-state index in [1.54, 1.807) is 13.2 Å². The zero-order chi connectivity index (χ0) is 25.0. The van der Waals surface area contributed by atoms with Crippen LogP contribution in [0.1, 0.15) is 25.2 Å². The summed E-state index contributed by atoms with van der Waals surface area (Å²) in [5.74, 6) is 0.833. The van der Waals surface area contributed by atoms with E-state index in [4.69, 9.17) is 20.2 Å². The van der Waals surface area contributed by atoms with E-state index < -0.39 is 11.6 Å². The van der Waals surface area contributed by atoms with Gasteiger partial charge in [0.25, 0.3) is 0 Å². The van der Waals surface area contributed by atoms with Gasteiger partial charge in [-0.2, -0.15) is 0 Å². The summed E-state index contributed by atoms with van der Waals surface area (Å²) in [6.07, 6.45) is 0.664. The summed E-state index contributed by atoms with van der Waals surface area (Å²) < 4.78 is 13.1. The van der Waals surface area contributed by atoms with Crippen LogP contribution in [0.3, 0.4) is 0 Å². The first-order chi connectivity index (χ1) is 16.8. The van der Waals surface area contributed by atoms with E-state index >= 15 is 0 Å². The number of aliphatic carboxylic acids is 1. The van der Waals surface area contributed by atoms with Gasteiger partial charge in [0, 0.05) is 38.6 Å². The Morgan fingerprint density at radius 2 is 1.97 bits per heavy atom. The van der Waals surface area contributed by atoms with Gasteiger partial charge in [-0.15, -0.1) is 0 Å². The van der Waals surface area contributed by atoms with Crippen molar-refractivity contribution in [2.45, 2.75) is 39.0 Å². The number of carboxylic acid groups (broad SMARTS) is 1. The number of aromatic nitrogens is 3. The van der Waals surface area contributed by atoms with Gasteiger partial charge in [-0.25, -0.2) is 14.8 Å². The smallest absolute Gasteiger partial charge is 0.347 e. The van der Waals surface area contributed by atoms with E-state index in [9.17, 15) is 9.90 Å². The largest absolute Gasteiger partial charge is 0.478 e. The third-order valence-corrected chi connectivity index (χ3v) is 5.85. The van der Waals surface area contributed by atoms with Gasteiger partial charge in [0.05, 0.1) is 17.6 Å². The molecule has 0 bridgehead atoms. The number of imidazole rings is 1. The van der Waals surface area contributed by atoms with E-state index in [0.717, 1.165) is 27.8 Å². The number of hydrogen-bond donors (Lipinski definition) is 3. The number of nitrogens with two attached hydrogens (primary N) is 1. The number of carboxylic acids is 1. The Hall–Kier alpha value is -3.69. The molecule has 2 aromatic carbocycles. The summed E-state index contributed by atoms with van der Waals surface area (Å²) in [7, 11) is 1.68. The maximum absolute atomic E-state index is 11.4. The van der Waals surface area contributed by atoms with Gasteiger partial charge in [0.1, 0.15) is 17.1 Å². The molecule has 2 aromatic heterocycles. The van der Waals surface area contributed by atoms with Gasteiger partial charge in [-0.1, -0.05) is 30.3 Å². The van der Waals surface area contributed by atoms with E-state index in [1.807, 2.05) is 42.5 Å². The molecule has 4 aromatic rings. The van der Waals surface area contributed by atoms with Crippen LogP contribution in [0, 0.1) is 0 Å². The van der Waals surface area contributed by atoms with Crippen LogP contribution in [-0.2, 0) is 29.0 Å². The van der Waals surface area contributed by atoms with Crippen LogP contribution in [0.4, 0.5) is 5.82 Å². The van der Waals surface area contributed by atoms with Crippen molar-refractivity contribution in [3.63, 3.8) is 0 Å². The van der Waals surface area contributed by atoms with Crippen molar-refractivity contribution >= 4 is 33.7 Å². The highest BCUT2D eigenvalue weighted by Crippen LogP contribution is 2.29. The first kappa shape index (κ1) is 24.4. The van der Waals surface area contributed by atoms with Gasteiger partial charge in [0.15, 0.2) is 11.4 Å². The number of nitrogen functional groups attached to an aromatic ring is 1. The first-order valence-corrected chi connectivity index (χ1v) is 11.5. The summed E-state index contributed by atoms with van der Waals surface area (Å²) in [6.45, 7) is 5.60. The van der Waals surface area contributed by atoms with E-state index in [0.29, 0.717) is 49.7 Å². The number of rotatable bonds is 11. The standard InChI is InChI=1S/C26H31N5O4/c1-26(2,25(32)33)35-18-8-6-7-17(15-18)16-28-12-13-31-21(11-14-34-3)30-22-23(31)19-9-4-5-10-20(19)29-24(22)27/h4-10,15,28H,11-14,16H2,1-3H3,(H2,27,29)(H,32,33). The molecule has 0 fully saturated rings. The molecule has 0 aliphatic heterocycles. The summed E-state index contributed by atoms with van der Waals surface area (Å²) in [4.78, 5) is 20.7. The van der Waals surface area contributed by atoms with Crippen LogP contribution in [-0.4, -0.2) is 51.5 Å². The van der Waals surface area contributed by atoms with Crippen LogP contribution in [0.15, 0.2) is 48.5 Å². The fourth-order valence-electron chi connectivity index (χ4n) is 4.01. The number of carbonyl (C=O) groups is 1. The predicted molar refractivity (Wildman–Crippen MR) is 136 cm³/mol. The van der Waals surface area contributed by atoms with Crippen molar-refractivity contribution in [1.29, 1.82) is 0 Å². The van der Waals surface area contributed by atoms with Crippen molar-refractivity contribution < 1.29 is 19.4 Å². The van der Waals surface area contributed by atoms with Crippen molar-refractivity contribution in [2.24, 2.45) is 0 Å². The average Bonchev–Trinajstić information content (AvgIpc) is 3.19. The second-order valence-corrected chi connectivity index (χ2v) is 8.88. The molecule has 9 heteroatoms. The van der Waals surface area contributed by atoms with Crippen LogP contribution in [0.25, 0.3) is 21.9 Å². The van der Waals surface area contributed by atoms with Gasteiger partial charge in [-0.3, -0.25) is 0 Å². The third-order valence-electron chi connectivity index (χ3n) is 5.85. The number of pyridine rings is 1. The summed E-state index contributed by atoms with van der Waals surface area (Å²) in [6, 6.07) is 15.4. The van der Waals surface area contributed by atoms with Gasteiger partial charge in [-0.05, 0) is 37.6 Å². The molecule has 0 spiro atoms. The molecule has 0 amide bonds. The SMILES string of the molecule is COCCc1nc2c(N)nc3ccccc3c2n1CCNCc1cccc(OC(C)(C)C(=O)O)c1. The van der Waals surface area contributed by atoms with Gasteiger partial charge >= 0.3 is 5.97 Å².